The number of halogens is 1. The summed E-state index contributed by atoms with van der Waals surface area (Å²) in [7, 11) is 0. The van der Waals surface area contributed by atoms with Crippen LogP contribution in [-0.4, -0.2) is 41.4 Å². The summed E-state index contributed by atoms with van der Waals surface area (Å²) in [6.45, 7) is 1.46. The predicted molar refractivity (Wildman–Crippen MR) is 92.7 cm³/mol. The van der Waals surface area contributed by atoms with Crippen molar-refractivity contribution in [2.45, 2.75) is 13.0 Å². The molecule has 0 radical (unpaired) electrons. The van der Waals surface area contributed by atoms with Gasteiger partial charge in [0.1, 0.15) is 18.2 Å². The molecule has 0 aliphatic carbocycles. The van der Waals surface area contributed by atoms with Gasteiger partial charge in [-0.05, 0) is 35.9 Å². The molecule has 1 N–H and O–H groups in total. The first-order valence-electron chi connectivity index (χ1n) is 8.44. The largest absolute Gasteiger partial charge is 0.492 e. The van der Waals surface area contributed by atoms with E-state index in [-0.39, 0.29) is 36.6 Å². The Kier molecular flexibility index (Phi) is 5.78. The van der Waals surface area contributed by atoms with Crippen LogP contribution in [0.3, 0.4) is 0 Å². The van der Waals surface area contributed by atoms with Crippen molar-refractivity contribution in [3.63, 3.8) is 0 Å². The number of aromatic nitrogens is 1. The lowest BCUT2D eigenvalue weighted by Gasteiger charge is -2.16. The number of likely N-dealkylation sites (tertiary alicyclic amines) is 1. The summed E-state index contributed by atoms with van der Waals surface area (Å²) in [5.41, 5.74) is 0.939. The molecule has 1 saturated heterocycles. The minimum atomic E-state index is -0.356. The zero-order valence-electron chi connectivity index (χ0n) is 14.2. The molecule has 1 aliphatic rings. The van der Waals surface area contributed by atoms with Gasteiger partial charge in [0.25, 0.3) is 0 Å². The van der Waals surface area contributed by atoms with Crippen molar-refractivity contribution in [2.24, 2.45) is 5.92 Å². The molecule has 1 aliphatic heterocycles. The normalized spacial score (nSPS) is 16.6. The van der Waals surface area contributed by atoms with E-state index >= 15 is 0 Å². The molecule has 0 spiro atoms. The molecule has 2 amide bonds. The van der Waals surface area contributed by atoms with Crippen molar-refractivity contribution in [3.8, 4) is 5.75 Å². The number of pyridine rings is 1. The zero-order chi connectivity index (χ0) is 18.4. The van der Waals surface area contributed by atoms with Gasteiger partial charge in [-0.1, -0.05) is 6.07 Å². The minimum absolute atomic E-state index is 0.0310. The summed E-state index contributed by atoms with van der Waals surface area (Å²) >= 11 is 0. The van der Waals surface area contributed by atoms with E-state index in [9.17, 15) is 14.0 Å². The summed E-state index contributed by atoms with van der Waals surface area (Å²) in [6, 6.07) is 9.41. The van der Waals surface area contributed by atoms with Crippen LogP contribution in [0.4, 0.5) is 4.39 Å². The van der Waals surface area contributed by atoms with E-state index in [1.54, 1.807) is 17.3 Å². The summed E-state index contributed by atoms with van der Waals surface area (Å²) in [5, 5.41) is 2.78. The molecule has 1 aromatic heterocycles. The van der Waals surface area contributed by atoms with Crippen molar-refractivity contribution < 1.29 is 18.7 Å². The topological polar surface area (TPSA) is 71.5 Å². The third-order valence-corrected chi connectivity index (χ3v) is 4.17. The molecule has 0 unspecified atom stereocenters. The van der Waals surface area contributed by atoms with E-state index in [1.165, 1.54) is 24.3 Å². The number of rotatable bonds is 7. The second kappa shape index (κ2) is 8.42. The molecule has 136 valence electrons. The standard InChI is InChI=1S/C19H20FN3O3/c20-16-3-5-17(6-4-16)26-9-8-22-19(25)15-10-18(24)23(13-15)12-14-2-1-7-21-11-14/h1-7,11,15H,8-10,12-13H2,(H,22,25)/t15-/m1/s1. The molecule has 1 atom stereocenters. The lowest BCUT2D eigenvalue weighted by atomic mass is 10.1. The van der Waals surface area contributed by atoms with E-state index in [0.29, 0.717) is 25.4 Å². The second-order valence-corrected chi connectivity index (χ2v) is 6.13. The molecule has 3 rings (SSSR count). The summed E-state index contributed by atoms with van der Waals surface area (Å²) in [5.74, 6) is -0.331. The van der Waals surface area contributed by atoms with Crippen LogP contribution < -0.4 is 10.1 Å². The summed E-state index contributed by atoms with van der Waals surface area (Å²) in [4.78, 5) is 30.1. The first kappa shape index (κ1) is 17.8. The first-order chi connectivity index (χ1) is 12.6. The Morgan fingerprint density at radius 3 is 2.85 bits per heavy atom. The zero-order valence-corrected chi connectivity index (χ0v) is 14.2. The number of ether oxygens (including phenoxy) is 1. The summed E-state index contributed by atoms with van der Waals surface area (Å²) < 4.78 is 18.2. The molecule has 0 bridgehead atoms. The van der Waals surface area contributed by atoms with Crippen LogP contribution in [0.25, 0.3) is 0 Å². The third-order valence-electron chi connectivity index (χ3n) is 4.17. The highest BCUT2D eigenvalue weighted by atomic mass is 19.1. The van der Waals surface area contributed by atoms with E-state index < -0.39 is 0 Å². The van der Waals surface area contributed by atoms with Crippen molar-refractivity contribution in [1.82, 2.24) is 15.2 Å². The fourth-order valence-corrected chi connectivity index (χ4v) is 2.83. The Labute approximate surface area is 151 Å². The molecule has 0 saturated carbocycles. The van der Waals surface area contributed by atoms with Gasteiger partial charge in [0.05, 0.1) is 12.5 Å². The Bertz CT molecular complexity index is 752. The molecule has 1 aromatic carbocycles. The highest BCUT2D eigenvalue weighted by Gasteiger charge is 2.34. The van der Waals surface area contributed by atoms with E-state index in [4.69, 9.17) is 4.74 Å². The van der Waals surface area contributed by atoms with Crippen LogP contribution in [0.1, 0.15) is 12.0 Å². The van der Waals surface area contributed by atoms with Crippen LogP contribution in [-0.2, 0) is 16.1 Å². The van der Waals surface area contributed by atoms with Crippen LogP contribution in [0.2, 0.25) is 0 Å². The van der Waals surface area contributed by atoms with Crippen molar-refractivity contribution >= 4 is 11.8 Å². The fourth-order valence-electron chi connectivity index (χ4n) is 2.83. The Hall–Kier alpha value is -2.96. The number of nitrogens with zero attached hydrogens (tertiary/aromatic N) is 2. The van der Waals surface area contributed by atoms with Crippen molar-refractivity contribution in [3.05, 3.63) is 60.2 Å². The Balaban J connectivity index is 1.41. The van der Waals surface area contributed by atoms with Gasteiger partial charge >= 0.3 is 0 Å². The summed E-state index contributed by atoms with van der Waals surface area (Å²) in [6.07, 6.45) is 3.61. The smallest absolute Gasteiger partial charge is 0.225 e. The monoisotopic (exact) mass is 357 g/mol. The maximum atomic E-state index is 12.8. The average Bonchev–Trinajstić information content (AvgIpc) is 3.01. The van der Waals surface area contributed by atoms with Gasteiger partial charge in [0.2, 0.25) is 11.8 Å². The van der Waals surface area contributed by atoms with Crippen molar-refractivity contribution in [2.75, 3.05) is 19.7 Å². The van der Waals surface area contributed by atoms with E-state index in [2.05, 4.69) is 10.3 Å². The number of amides is 2. The number of carbonyl (C=O) groups is 2. The lowest BCUT2D eigenvalue weighted by molar-refractivity contribution is -0.129. The number of hydrogen-bond donors (Lipinski definition) is 1. The predicted octanol–water partition coefficient (Wildman–Crippen LogP) is 1.76. The van der Waals surface area contributed by atoms with Crippen LogP contribution in [0, 0.1) is 11.7 Å². The van der Waals surface area contributed by atoms with Crippen molar-refractivity contribution in [1.29, 1.82) is 0 Å². The molecule has 26 heavy (non-hydrogen) atoms. The molecule has 1 fully saturated rings. The lowest BCUT2D eigenvalue weighted by Crippen LogP contribution is -2.35. The Morgan fingerprint density at radius 2 is 2.12 bits per heavy atom. The quantitative estimate of drug-likeness (QED) is 0.767. The van der Waals surface area contributed by atoms with Crippen LogP contribution in [0.15, 0.2) is 48.8 Å². The molecule has 7 heteroatoms. The first-order valence-corrected chi connectivity index (χ1v) is 8.44. The highest BCUT2D eigenvalue weighted by Crippen LogP contribution is 2.20. The van der Waals surface area contributed by atoms with E-state index in [0.717, 1.165) is 5.56 Å². The van der Waals surface area contributed by atoms with Gasteiger partial charge in [-0.3, -0.25) is 14.6 Å². The molecular weight excluding hydrogens is 337 g/mol. The van der Waals surface area contributed by atoms with Gasteiger partial charge in [0, 0.05) is 31.9 Å². The fraction of sp³-hybridized carbons (Fsp3) is 0.316. The Morgan fingerprint density at radius 1 is 1.31 bits per heavy atom. The molecule has 6 nitrogen and oxygen atoms in total. The second-order valence-electron chi connectivity index (χ2n) is 6.13. The number of nitrogens with one attached hydrogen (secondary N) is 1. The van der Waals surface area contributed by atoms with Gasteiger partial charge in [-0.2, -0.15) is 0 Å². The SMILES string of the molecule is O=C(NCCOc1ccc(F)cc1)[C@@H]1CC(=O)N(Cc2cccnc2)C1. The number of hydrogen-bond acceptors (Lipinski definition) is 4. The minimum Gasteiger partial charge on any atom is -0.492 e. The highest BCUT2D eigenvalue weighted by molar-refractivity contribution is 5.89. The van der Waals surface area contributed by atoms with Gasteiger partial charge < -0.3 is 15.0 Å². The molecular formula is C19H20FN3O3. The number of benzene rings is 1. The maximum absolute atomic E-state index is 12.8. The molecule has 2 heterocycles. The van der Waals surface area contributed by atoms with Gasteiger partial charge in [-0.25, -0.2) is 4.39 Å². The number of carbonyl (C=O) groups excluding carboxylic acids is 2. The molecule has 2 aromatic rings. The van der Waals surface area contributed by atoms with Crippen LogP contribution in [0.5, 0.6) is 5.75 Å². The van der Waals surface area contributed by atoms with E-state index in [1.807, 2.05) is 12.1 Å². The van der Waals surface area contributed by atoms with Gasteiger partial charge in [0.15, 0.2) is 0 Å². The average molecular weight is 357 g/mol. The third kappa shape index (κ3) is 4.78. The maximum Gasteiger partial charge on any atom is 0.225 e. The van der Waals surface area contributed by atoms with Gasteiger partial charge in [-0.15, -0.1) is 0 Å². The van der Waals surface area contributed by atoms with Crippen LogP contribution >= 0.6 is 0 Å².